The van der Waals surface area contributed by atoms with Crippen molar-refractivity contribution in [1.82, 2.24) is 0 Å². The Kier molecular flexibility index (Phi) is 6.54. The summed E-state index contributed by atoms with van der Waals surface area (Å²) in [6.07, 6.45) is 0.528. The molecule has 0 spiro atoms. The van der Waals surface area contributed by atoms with Gasteiger partial charge in [-0.05, 0) is 44.5 Å². The van der Waals surface area contributed by atoms with Crippen LogP contribution in [0.4, 0.5) is 5.69 Å². The fraction of sp³-hybridized carbons (Fsp3) is 0.571. The zero-order valence-electron chi connectivity index (χ0n) is 11.4. The summed E-state index contributed by atoms with van der Waals surface area (Å²) in [7, 11) is 0. The van der Waals surface area contributed by atoms with Gasteiger partial charge in [-0.25, -0.2) is 0 Å². The molecule has 0 heterocycles. The van der Waals surface area contributed by atoms with Crippen molar-refractivity contribution in [3.63, 3.8) is 0 Å². The maximum absolute atomic E-state index is 5.70. The number of nitrogen functional groups attached to an aromatic ring is 1. The van der Waals surface area contributed by atoms with Gasteiger partial charge in [-0.1, -0.05) is 0 Å². The minimum atomic E-state index is -0.186. The molecule has 102 valence electrons. The van der Waals surface area contributed by atoms with E-state index in [1.807, 2.05) is 39.0 Å². The molecule has 0 bridgehead atoms. The SMILES string of the molecule is CCOC(CCOc1ccc(N)cc1C)OCC. The Morgan fingerprint density at radius 3 is 2.39 bits per heavy atom. The van der Waals surface area contributed by atoms with Crippen molar-refractivity contribution in [3.8, 4) is 5.75 Å². The summed E-state index contributed by atoms with van der Waals surface area (Å²) in [5, 5.41) is 0. The number of rotatable bonds is 8. The lowest BCUT2D eigenvalue weighted by molar-refractivity contribution is -0.142. The van der Waals surface area contributed by atoms with Crippen LogP contribution in [0.1, 0.15) is 25.8 Å². The summed E-state index contributed by atoms with van der Waals surface area (Å²) < 4.78 is 16.6. The molecule has 0 saturated heterocycles. The van der Waals surface area contributed by atoms with E-state index < -0.39 is 0 Å². The predicted octanol–water partition coefficient (Wildman–Crippen LogP) is 2.75. The minimum Gasteiger partial charge on any atom is -0.493 e. The minimum absolute atomic E-state index is 0.186. The molecule has 1 aromatic rings. The average molecular weight is 253 g/mol. The van der Waals surface area contributed by atoms with Gasteiger partial charge in [0.2, 0.25) is 0 Å². The normalized spacial score (nSPS) is 10.9. The largest absolute Gasteiger partial charge is 0.493 e. The number of hydrogen-bond acceptors (Lipinski definition) is 4. The predicted molar refractivity (Wildman–Crippen MR) is 72.7 cm³/mol. The number of nitrogens with two attached hydrogens (primary N) is 1. The Hall–Kier alpha value is -1.26. The van der Waals surface area contributed by atoms with Gasteiger partial charge in [0, 0.05) is 25.3 Å². The molecule has 0 atom stereocenters. The van der Waals surface area contributed by atoms with E-state index in [4.69, 9.17) is 19.9 Å². The monoisotopic (exact) mass is 253 g/mol. The third-order valence-electron chi connectivity index (χ3n) is 2.52. The molecule has 1 rings (SSSR count). The van der Waals surface area contributed by atoms with Gasteiger partial charge in [0.15, 0.2) is 6.29 Å². The van der Waals surface area contributed by atoms with Crippen LogP contribution in [-0.4, -0.2) is 26.1 Å². The Morgan fingerprint density at radius 2 is 1.83 bits per heavy atom. The van der Waals surface area contributed by atoms with Crippen molar-refractivity contribution in [3.05, 3.63) is 23.8 Å². The molecule has 1 aromatic carbocycles. The van der Waals surface area contributed by atoms with Crippen LogP contribution in [0, 0.1) is 6.92 Å². The number of hydrogen-bond donors (Lipinski definition) is 1. The molecule has 0 radical (unpaired) electrons. The van der Waals surface area contributed by atoms with Gasteiger partial charge in [0.25, 0.3) is 0 Å². The molecule has 2 N–H and O–H groups in total. The number of benzene rings is 1. The Bertz CT molecular complexity index is 349. The number of anilines is 1. The summed E-state index contributed by atoms with van der Waals surface area (Å²) in [5.74, 6) is 0.857. The van der Waals surface area contributed by atoms with E-state index in [-0.39, 0.29) is 6.29 Å². The lowest BCUT2D eigenvalue weighted by Crippen LogP contribution is -2.20. The zero-order chi connectivity index (χ0) is 13.4. The molecule has 18 heavy (non-hydrogen) atoms. The number of ether oxygens (including phenoxy) is 3. The Morgan fingerprint density at radius 1 is 1.17 bits per heavy atom. The quantitative estimate of drug-likeness (QED) is 0.571. The molecule has 0 unspecified atom stereocenters. The van der Waals surface area contributed by atoms with Gasteiger partial charge in [-0.3, -0.25) is 0 Å². The van der Waals surface area contributed by atoms with Crippen molar-refractivity contribution in [2.45, 2.75) is 33.5 Å². The first-order chi connectivity index (χ1) is 8.67. The highest BCUT2D eigenvalue weighted by Crippen LogP contribution is 2.20. The molecule has 0 amide bonds. The second-order valence-corrected chi connectivity index (χ2v) is 4.00. The summed E-state index contributed by atoms with van der Waals surface area (Å²) in [6.45, 7) is 7.74. The fourth-order valence-corrected chi connectivity index (χ4v) is 1.69. The van der Waals surface area contributed by atoms with Crippen molar-refractivity contribution in [2.24, 2.45) is 0 Å². The average Bonchev–Trinajstić information content (AvgIpc) is 2.32. The molecule has 4 nitrogen and oxygen atoms in total. The highest BCUT2D eigenvalue weighted by atomic mass is 16.7. The summed E-state index contributed by atoms with van der Waals surface area (Å²) in [5.41, 5.74) is 7.48. The third-order valence-corrected chi connectivity index (χ3v) is 2.52. The topological polar surface area (TPSA) is 53.7 Å². The first-order valence-corrected chi connectivity index (χ1v) is 6.39. The lowest BCUT2D eigenvalue weighted by atomic mass is 10.2. The Labute approximate surface area is 109 Å². The zero-order valence-corrected chi connectivity index (χ0v) is 11.4. The highest BCUT2D eigenvalue weighted by molar-refractivity contribution is 5.47. The van der Waals surface area contributed by atoms with E-state index >= 15 is 0 Å². The van der Waals surface area contributed by atoms with Crippen LogP contribution in [0.15, 0.2) is 18.2 Å². The molecule has 0 aliphatic carbocycles. The van der Waals surface area contributed by atoms with Crippen LogP contribution in [0.3, 0.4) is 0 Å². The van der Waals surface area contributed by atoms with Gasteiger partial charge >= 0.3 is 0 Å². The van der Waals surface area contributed by atoms with Crippen LogP contribution in [-0.2, 0) is 9.47 Å². The van der Waals surface area contributed by atoms with Gasteiger partial charge in [-0.15, -0.1) is 0 Å². The smallest absolute Gasteiger partial charge is 0.160 e. The van der Waals surface area contributed by atoms with E-state index in [1.165, 1.54) is 0 Å². The molecule has 0 saturated carbocycles. The molecular weight excluding hydrogens is 230 g/mol. The second kappa shape index (κ2) is 7.95. The summed E-state index contributed by atoms with van der Waals surface area (Å²) >= 11 is 0. The van der Waals surface area contributed by atoms with Crippen LogP contribution in [0.25, 0.3) is 0 Å². The van der Waals surface area contributed by atoms with Crippen LogP contribution >= 0.6 is 0 Å². The molecule has 4 heteroatoms. The van der Waals surface area contributed by atoms with Crippen molar-refractivity contribution in [2.75, 3.05) is 25.6 Å². The van der Waals surface area contributed by atoms with E-state index in [9.17, 15) is 0 Å². The van der Waals surface area contributed by atoms with Crippen LogP contribution < -0.4 is 10.5 Å². The maximum atomic E-state index is 5.70. The fourth-order valence-electron chi connectivity index (χ4n) is 1.69. The molecule has 0 aliphatic rings. The maximum Gasteiger partial charge on any atom is 0.160 e. The van der Waals surface area contributed by atoms with Gasteiger partial charge in [0.05, 0.1) is 6.61 Å². The first kappa shape index (κ1) is 14.8. The number of aryl methyl sites for hydroxylation is 1. The highest BCUT2D eigenvalue weighted by Gasteiger charge is 2.08. The van der Waals surface area contributed by atoms with E-state index in [0.29, 0.717) is 26.2 Å². The Balaban J connectivity index is 2.39. The van der Waals surface area contributed by atoms with E-state index in [0.717, 1.165) is 17.0 Å². The summed E-state index contributed by atoms with van der Waals surface area (Å²) in [4.78, 5) is 0. The lowest BCUT2D eigenvalue weighted by Gasteiger charge is -2.17. The molecular formula is C14H23NO3. The van der Waals surface area contributed by atoms with E-state index in [1.54, 1.807) is 0 Å². The standard InChI is InChI=1S/C14H23NO3/c1-4-16-14(17-5-2)8-9-18-13-7-6-12(15)10-11(13)3/h6-7,10,14H,4-5,8-9,15H2,1-3H3. The van der Waals surface area contributed by atoms with Crippen LogP contribution in [0.5, 0.6) is 5.75 Å². The summed E-state index contributed by atoms with van der Waals surface area (Å²) in [6, 6.07) is 5.63. The van der Waals surface area contributed by atoms with Gasteiger partial charge in [0.1, 0.15) is 5.75 Å². The van der Waals surface area contributed by atoms with Crippen LogP contribution in [0.2, 0.25) is 0 Å². The molecule has 0 aliphatic heterocycles. The van der Waals surface area contributed by atoms with Crippen molar-refractivity contribution >= 4 is 5.69 Å². The van der Waals surface area contributed by atoms with Crippen molar-refractivity contribution in [1.29, 1.82) is 0 Å². The first-order valence-electron chi connectivity index (χ1n) is 6.39. The second-order valence-electron chi connectivity index (χ2n) is 4.00. The van der Waals surface area contributed by atoms with E-state index in [2.05, 4.69) is 0 Å². The van der Waals surface area contributed by atoms with Gasteiger partial charge in [-0.2, -0.15) is 0 Å². The molecule has 0 aromatic heterocycles. The third kappa shape index (κ3) is 4.94. The molecule has 0 fully saturated rings. The van der Waals surface area contributed by atoms with Gasteiger partial charge < -0.3 is 19.9 Å². The van der Waals surface area contributed by atoms with Crippen molar-refractivity contribution < 1.29 is 14.2 Å².